The largest absolute Gasteiger partial charge is 0.463 e. The Bertz CT molecular complexity index is 1400. The van der Waals surface area contributed by atoms with Gasteiger partial charge < -0.3 is 4.74 Å². The monoisotopic (exact) mass is 654 g/mol. The van der Waals surface area contributed by atoms with Crippen molar-refractivity contribution in [1.29, 1.82) is 0 Å². The lowest BCUT2D eigenvalue weighted by Crippen LogP contribution is -2.58. The molecule has 0 heterocycles. The number of ether oxygens (including phenoxy) is 1. The summed E-state index contributed by atoms with van der Waals surface area (Å²) < 4.78 is 5.77. The molecule has 4 aliphatic rings. The lowest BCUT2D eigenvalue weighted by Gasteiger charge is -2.65. The second kappa shape index (κ2) is 13.3. The molecule has 0 bridgehead atoms. The van der Waals surface area contributed by atoms with Gasteiger partial charge in [0.15, 0.2) is 0 Å². The van der Waals surface area contributed by atoms with Gasteiger partial charge in [-0.1, -0.05) is 107 Å². The average Bonchev–Trinajstić information content (AvgIpc) is 3.41. The Morgan fingerprint density at radius 2 is 1.53 bits per heavy atom. The Kier molecular flexibility index (Phi) is 9.77. The van der Waals surface area contributed by atoms with Gasteiger partial charge in [-0.15, -0.1) is 0 Å². The van der Waals surface area contributed by atoms with Crippen LogP contribution in [0.1, 0.15) is 117 Å². The summed E-state index contributed by atoms with van der Waals surface area (Å²) in [6.45, 7) is 16.7. The number of benzene rings is 2. The molecule has 0 N–H and O–H groups in total. The molecule has 10 atom stereocenters. The molecule has 0 amide bonds. The standard InChI is InChI=1S/C43H62O3Si/c1-30(18-21-40(45)36(32-14-10-8-11-15-32)29-47(6,7)34-16-12-9-13-17-34)37-19-20-38-35-23-25-41(3)28-33(46-31(2)44)22-27-43(41,5)39(35)24-26-42(37,38)4/h8-17,30,33,35-39H,18-29H2,1-7H3/t30-,33-,35+,36?,37-,38+,39+,41-,42-,43-/m1/s1. The number of hydrogen-bond donors (Lipinski definition) is 0. The van der Waals surface area contributed by atoms with E-state index in [4.69, 9.17) is 4.74 Å². The van der Waals surface area contributed by atoms with Gasteiger partial charge in [0.2, 0.25) is 0 Å². The second-order valence-electron chi connectivity index (χ2n) is 18.0. The summed E-state index contributed by atoms with van der Waals surface area (Å²) in [5.74, 6) is 4.03. The maximum Gasteiger partial charge on any atom is 0.302 e. The minimum atomic E-state index is -1.80. The fourth-order valence-electron chi connectivity index (χ4n) is 12.3. The van der Waals surface area contributed by atoms with Crippen molar-refractivity contribution in [2.45, 2.75) is 136 Å². The Morgan fingerprint density at radius 1 is 0.851 bits per heavy atom. The third-order valence-corrected chi connectivity index (χ3v) is 18.5. The summed E-state index contributed by atoms with van der Waals surface area (Å²) in [6, 6.07) is 22.5. The molecule has 0 aliphatic heterocycles. The Hall–Kier alpha value is -2.20. The zero-order valence-corrected chi connectivity index (χ0v) is 31.5. The minimum absolute atomic E-state index is 0.0131. The molecule has 6 rings (SSSR count). The molecule has 3 nitrogen and oxygen atoms in total. The van der Waals surface area contributed by atoms with Gasteiger partial charge in [-0.05, 0) is 122 Å². The van der Waals surface area contributed by atoms with Gasteiger partial charge in [0.1, 0.15) is 11.9 Å². The van der Waals surface area contributed by atoms with Crippen molar-refractivity contribution >= 4 is 25.0 Å². The zero-order valence-electron chi connectivity index (χ0n) is 30.5. The van der Waals surface area contributed by atoms with Crippen molar-refractivity contribution in [3.63, 3.8) is 0 Å². The molecule has 4 saturated carbocycles. The fourth-order valence-corrected chi connectivity index (χ4v) is 15.1. The summed E-state index contributed by atoms with van der Waals surface area (Å²) in [4.78, 5) is 26.0. The maximum atomic E-state index is 14.2. The van der Waals surface area contributed by atoms with Crippen LogP contribution in [0.4, 0.5) is 0 Å². The molecule has 4 heteroatoms. The van der Waals surface area contributed by atoms with E-state index in [-0.39, 0.29) is 23.4 Å². The van der Waals surface area contributed by atoms with Crippen LogP contribution in [0.3, 0.4) is 0 Å². The van der Waals surface area contributed by atoms with Gasteiger partial charge in [-0.25, -0.2) is 0 Å². The van der Waals surface area contributed by atoms with E-state index in [2.05, 4.69) is 101 Å². The van der Waals surface area contributed by atoms with Crippen LogP contribution in [-0.2, 0) is 14.3 Å². The van der Waals surface area contributed by atoms with Gasteiger partial charge in [0.05, 0.1) is 8.07 Å². The van der Waals surface area contributed by atoms with Crippen LogP contribution in [0.15, 0.2) is 60.7 Å². The van der Waals surface area contributed by atoms with Gasteiger partial charge in [0, 0.05) is 19.3 Å². The molecule has 0 aromatic heterocycles. The number of carbonyl (C=O) groups excluding carboxylic acids is 2. The first-order valence-electron chi connectivity index (χ1n) is 19.1. The molecule has 0 spiro atoms. The molecule has 4 aliphatic carbocycles. The minimum Gasteiger partial charge on any atom is -0.463 e. The first-order chi connectivity index (χ1) is 22.3. The molecule has 2 aromatic carbocycles. The number of ketones is 1. The second-order valence-corrected chi connectivity index (χ2v) is 22.7. The van der Waals surface area contributed by atoms with Crippen molar-refractivity contribution in [2.24, 2.45) is 45.8 Å². The Morgan fingerprint density at radius 3 is 2.21 bits per heavy atom. The zero-order chi connectivity index (χ0) is 33.6. The number of esters is 1. The van der Waals surface area contributed by atoms with E-state index >= 15 is 0 Å². The summed E-state index contributed by atoms with van der Waals surface area (Å²) in [6.07, 6.45) is 13.1. The van der Waals surface area contributed by atoms with Crippen LogP contribution in [0.2, 0.25) is 19.1 Å². The topological polar surface area (TPSA) is 43.4 Å². The highest BCUT2D eigenvalue weighted by atomic mass is 28.3. The van der Waals surface area contributed by atoms with E-state index in [1.165, 1.54) is 55.7 Å². The van der Waals surface area contributed by atoms with Crippen LogP contribution in [0.5, 0.6) is 0 Å². The predicted molar refractivity (Wildman–Crippen MR) is 196 cm³/mol. The summed E-state index contributed by atoms with van der Waals surface area (Å²) in [7, 11) is -1.80. The molecular weight excluding hydrogens is 593 g/mol. The van der Waals surface area contributed by atoms with Crippen molar-refractivity contribution in [1.82, 2.24) is 0 Å². The van der Waals surface area contributed by atoms with Crippen LogP contribution in [0, 0.1) is 45.8 Å². The molecule has 1 unspecified atom stereocenters. The lowest BCUT2D eigenvalue weighted by atomic mass is 9.40. The van der Waals surface area contributed by atoms with Crippen molar-refractivity contribution in [2.75, 3.05) is 0 Å². The third-order valence-electron chi connectivity index (χ3n) is 15.1. The molecule has 2 aromatic rings. The molecule has 256 valence electrons. The van der Waals surface area contributed by atoms with Gasteiger partial charge in [-0.2, -0.15) is 0 Å². The molecule has 0 radical (unpaired) electrons. The van der Waals surface area contributed by atoms with Crippen LogP contribution in [0.25, 0.3) is 0 Å². The Balaban J connectivity index is 1.12. The number of fused-ring (bicyclic) bond motifs is 5. The third kappa shape index (κ3) is 6.46. The quantitative estimate of drug-likeness (QED) is 0.189. The molecule has 4 fully saturated rings. The van der Waals surface area contributed by atoms with Crippen LogP contribution < -0.4 is 5.19 Å². The van der Waals surface area contributed by atoms with E-state index < -0.39 is 8.07 Å². The Labute approximate surface area is 287 Å². The van der Waals surface area contributed by atoms with Crippen molar-refractivity contribution in [3.8, 4) is 0 Å². The fraction of sp³-hybridized carbons (Fsp3) is 0.674. The normalized spacial score (nSPS) is 36.4. The smallest absolute Gasteiger partial charge is 0.302 e. The number of hydrogen-bond acceptors (Lipinski definition) is 3. The maximum absolute atomic E-state index is 14.2. The van der Waals surface area contributed by atoms with E-state index in [0.717, 1.165) is 43.1 Å². The first-order valence-corrected chi connectivity index (χ1v) is 22.3. The van der Waals surface area contributed by atoms with E-state index in [1.54, 1.807) is 6.92 Å². The van der Waals surface area contributed by atoms with Gasteiger partial charge >= 0.3 is 5.97 Å². The highest BCUT2D eigenvalue weighted by molar-refractivity contribution is 6.90. The number of rotatable bonds is 10. The molecule has 0 saturated heterocycles. The SMILES string of the molecule is CC(=O)O[C@@H]1CC[C@]2(C)[C@H]3CC[C@]4(C)[C@@H]([C@H](C)CCC(=O)C(C[Si](C)(C)c5ccccc5)c5ccccc5)CC[C@H]4[C@@H]3CC[C@]2(C)C1. The van der Waals surface area contributed by atoms with E-state index in [1.807, 2.05) is 0 Å². The summed E-state index contributed by atoms with van der Waals surface area (Å²) in [5, 5.41) is 1.44. The number of Topliss-reactive ketones (excluding diaryl/α,β-unsaturated/α-hetero) is 1. The lowest BCUT2D eigenvalue weighted by molar-refractivity contribution is -0.183. The summed E-state index contributed by atoms with van der Waals surface area (Å²) in [5.41, 5.74) is 2.20. The van der Waals surface area contributed by atoms with E-state index in [0.29, 0.717) is 34.9 Å². The highest BCUT2D eigenvalue weighted by Gasteiger charge is 2.63. The molecule has 47 heavy (non-hydrogen) atoms. The first kappa shape index (κ1) is 34.7. The van der Waals surface area contributed by atoms with Gasteiger partial charge in [0.25, 0.3) is 0 Å². The number of carbonyl (C=O) groups is 2. The van der Waals surface area contributed by atoms with Crippen molar-refractivity contribution < 1.29 is 14.3 Å². The molecular formula is C43H62O3Si. The van der Waals surface area contributed by atoms with Crippen LogP contribution in [-0.4, -0.2) is 25.9 Å². The van der Waals surface area contributed by atoms with E-state index in [9.17, 15) is 9.59 Å². The summed E-state index contributed by atoms with van der Waals surface area (Å²) >= 11 is 0. The van der Waals surface area contributed by atoms with Gasteiger partial charge in [-0.3, -0.25) is 9.59 Å². The predicted octanol–water partition coefficient (Wildman–Crippen LogP) is 10.4. The average molecular weight is 655 g/mol. The van der Waals surface area contributed by atoms with Crippen molar-refractivity contribution in [3.05, 3.63) is 66.2 Å². The van der Waals surface area contributed by atoms with Crippen LogP contribution >= 0.6 is 0 Å². The highest BCUT2D eigenvalue weighted by Crippen LogP contribution is 2.71.